The molecule has 2 amide bonds. The number of carbonyl (C=O) groups excluding carboxylic acids is 2. The minimum atomic E-state index is -1.08. The molecule has 3 atom stereocenters. The van der Waals surface area contributed by atoms with Crippen LogP contribution in [0.3, 0.4) is 0 Å². The van der Waals surface area contributed by atoms with Gasteiger partial charge in [-0.05, 0) is 29.2 Å². The summed E-state index contributed by atoms with van der Waals surface area (Å²) in [6.45, 7) is 1.86. The highest BCUT2D eigenvalue weighted by molar-refractivity contribution is 8.00. The Hall–Kier alpha value is -3.44. The van der Waals surface area contributed by atoms with Gasteiger partial charge < -0.3 is 20.1 Å². The van der Waals surface area contributed by atoms with Crippen LogP contribution in [-0.2, 0) is 14.3 Å². The first-order valence-electron chi connectivity index (χ1n) is 10.6. The van der Waals surface area contributed by atoms with Crippen LogP contribution in [-0.4, -0.2) is 57.8 Å². The largest absolute Gasteiger partial charge is 0.480 e. The van der Waals surface area contributed by atoms with E-state index in [1.54, 1.807) is 6.92 Å². The number of benzene rings is 2. The van der Waals surface area contributed by atoms with Crippen molar-refractivity contribution >= 4 is 29.7 Å². The number of ether oxygens (including phenoxy) is 1. The summed E-state index contributed by atoms with van der Waals surface area (Å²) >= 11 is 1.37. The molecule has 3 unspecified atom stereocenters. The number of nitrogens with zero attached hydrogens (tertiary/aromatic N) is 1. The maximum Gasteiger partial charge on any atom is 0.407 e. The van der Waals surface area contributed by atoms with E-state index >= 15 is 0 Å². The SMILES string of the molecule is C#CCC(NC(=O)OCC1c2ccccc2-c2ccccc21)C(=O)N1C(C)SCC1C(=O)O. The first kappa shape index (κ1) is 22.7. The minimum absolute atomic E-state index is 0.0662. The topological polar surface area (TPSA) is 95.9 Å². The molecule has 1 fully saturated rings. The van der Waals surface area contributed by atoms with Crippen LogP contribution in [0.5, 0.6) is 0 Å². The summed E-state index contributed by atoms with van der Waals surface area (Å²) in [7, 11) is 0. The van der Waals surface area contributed by atoms with Crippen molar-refractivity contribution in [1.29, 1.82) is 0 Å². The number of hydrogen-bond donors (Lipinski definition) is 2. The standard InChI is InChI=1S/C25H24N2O5S/c1-3-8-21(23(28)27-15(2)33-14-22(27)24(29)30)26-25(31)32-13-20-18-11-6-4-9-16(18)17-10-5-7-12-19(17)20/h1,4-7,9-12,15,20-22H,8,13-14H2,2H3,(H,26,31)(H,29,30). The number of hydrogen-bond acceptors (Lipinski definition) is 5. The Kier molecular flexibility index (Phi) is 6.61. The van der Waals surface area contributed by atoms with Crippen molar-refractivity contribution in [2.24, 2.45) is 0 Å². The predicted octanol–water partition coefficient (Wildman–Crippen LogP) is 3.29. The summed E-state index contributed by atoms with van der Waals surface area (Å²) in [6.07, 6.45) is 4.58. The highest BCUT2D eigenvalue weighted by atomic mass is 32.2. The highest BCUT2D eigenvalue weighted by Crippen LogP contribution is 2.44. The molecule has 1 aliphatic carbocycles. The van der Waals surface area contributed by atoms with Crippen molar-refractivity contribution < 1.29 is 24.2 Å². The summed E-state index contributed by atoms with van der Waals surface area (Å²) in [6, 6.07) is 14.0. The van der Waals surface area contributed by atoms with E-state index in [1.165, 1.54) is 16.7 Å². The molecule has 0 bridgehead atoms. The number of carbonyl (C=O) groups is 3. The van der Waals surface area contributed by atoms with Crippen molar-refractivity contribution in [3.05, 3.63) is 59.7 Å². The zero-order valence-corrected chi connectivity index (χ0v) is 18.9. The number of fused-ring (bicyclic) bond motifs is 3. The summed E-state index contributed by atoms with van der Waals surface area (Å²) in [5.74, 6) is 0.956. The third-order valence-electron chi connectivity index (χ3n) is 6.02. The lowest BCUT2D eigenvalue weighted by molar-refractivity contribution is -0.149. The molecule has 2 N–H and O–H groups in total. The lowest BCUT2D eigenvalue weighted by atomic mass is 9.98. The number of thioether (sulfide) groups is 1. The lowest BCUT2D eigenvalue weighted by Crippen LogP contribution is -2.54. The Labute approximate surface area is 196 Å². The van der Waals surface area contributed by atoms with Crippen LogP contribution >= 0.6 is 11.8 Å². The second-order valence-corrected chi connectivity index (χ2v) is 9.31. The first-order chi connectivity index (χ1) is 15.9. The molecule has 0 saturated carbocycles. The van der Waals surface area contributed by atoms with E-state index in [0.29, 0.717) is 0 Å². The van der Waals surface area contributed by atoms with Gasteiger partial charge in [-0.25, -0.2) is 9.59 Å². The van der Waals surface area contributed by atoms with Gasteiger partial charge in [0, 0.05) is 18.1 Å². The maximum atomic E-state index is 13.1. The van der Waals surface area contributed by atoms with E-state index in [-0.39, 0.29) is 30.1 Å². The van der Waals surface area contributed by atoms with Crippen LogP contribution in [0.25, 0.3) is 11.1 Å². The first-order valence-corrected chi connectivity index (χ1v) is 11.7. The van der Waals surface area contributed by atoms with Crippen LogP contribution in [0.4, 0.5) is 4.79 Å². The van der Waals surface area contributed by atoms with Crippen LogP contribution in [0.1, 0.15) is 30.4 Å². The van der Waals surface area contributed by atoms with Gasteiger partial charge in [-0.1, -0.05) is 48.5 Å². The van der Waals surface area contributed by atoms with Crippen molar-refractivity contribution in [2.75, 3.05) is 12.4 Å². The van der Waals surface area contributed by atoms with Gasteiger partial charge in [0.15, 0.2) is 0 Å². The van der Waals surface area contributed by atoms with Crippen molar-refractivity contribution in [3.63, 3.8) is 0 Å². The zero-order chi connectivity index (χ0) is 23.5. The molecule has 2 aromatic carbocycles. The predicted molar refractivity (Wildman–Crippen MR) is 126 cm³/mol. The minimum Gasteiger partial charge on any atom is -0.480 e. The fourth-order valence-electron chi connectivity index (χ4n) is 4.45. The highest BCUT2D eigenvalue weighted by Gasteiger charge is 2.42. The molecule has 170 valence electrons. The van der Waals surface area contributed by atoms with E-state index < -0.39 is 30.1 Å². The molecule has 7 nitrogen and oxygen atoms in total. The number of aliphatic carboxylic acids is 1. The monoisotopic (exact) mass is 464 g/mol. The average Bonchev–Trinajstić information content (AvgIpc) is 3.35. The van der Waals surface area contributed by atoms with Gasteiger partial charge in [-0.15, -0.1) is 24.1 Å². The van der Waals surface area contributed by atoms with Gasteiger partial charge in [0.05, 0.1) is 5.37 Å². The fourth-order valence-corrected chi connectivity index (χ4v) is 5.62. The van der Waals surface area contributed by atoms with Crippen molar-refractivity contribution in [1.82, 2.24) is 10.2 Å². The second kappa shape index (κ2) is 9.59. The smallest absolute Gasteiger partial charge is 0.407 e. The molecule has 0 spiro atoms. The maximum absolute atomic E-state index is 13.1. The molecule has 33 heavy (non-hydrogen) atoms. The Morgan fingerprint density at radius 1 is 1.18 bits per heavy atom. The Balaban J connectivity index is 1.45. The number of alkyl carbamates (subject to hydrolysis) is 1. The Morgan fingerprint density at radius 3 is 2.36 bits per heavy atom. The number of carboxylic acids is 1. The summed E-state index contributed by atoms with van der Waals surface area (Å²) in [4.78, 5) is 38.5. The quantitative estimate of drug-likeness (QED) is 0.637. The molecule has 1 heterocycles. The molecule has 1 saturated heterocycles. The van der Waals surface area contributed by atoms with E-state index in [4.69, 9.17) is 11.2 Å². The number of nitrogens with one attached hydrogen (secondary N) is 1. The molecular weight excluding hydrogens is 440 g/mol. The van der Waals surface area contributed by atoms with Gasteiger partial charge in [0.25, 0.3) is 0 Å². The zero-order valence-electron chi connectivity index (χ0n) is 18.1. The average molecular weight is 465 g/mol. The lowest BCUT2D eigenvalue weighted by Gasteiger charge is -2.29. The third kappa shape index (κ3) is 4.41. The second-order valence-electron chi connectivity index (χ2n) is 7.96. The van der Waals surface area contributed by atoms with Gasteiger partial charge >= 0.3 is 12.1 Å². The normalized spacial score (nSPS) is 19.8. The van der Waals surface area contributed by atoms with Crippen LogP contribution in [0, 0.1) is 12.3 Å². The van der Waals surface area contributed by atoms with E-state index in [2.05, 4.69) is 11.2 Å². The molecule has 0 radical (unpaired) electrons. The van der Waals surface area contributed by atoms with Gasteiger partial charge in [-0.3, -0.25) is 4.79 Å². The third-order valence-corrected chi connectivity index (χ3v) is 7.24. The summed E-state index contributed by atoms with van der Waals surface area (Å²) in [5.41, 5.74) is 4.38. The van der Waals surface area contributed by atoms with Gasteiger partial charge in [-0.2, -0.15) is 0 Å². The van der Waals surface area contributed by atoms with E-state index in [1.807, 2.05) is 48.5 Å². The molecule has 1 aliphatic heterocycles. The molecule has 8 heteroatoms. The Morgan fingerprint density at radius 2 is 1.79 bits per heavy atom. The molecule has 0 aromatic heterocycles. The molecule has 4 rings (SSSR count). The van der Waals surface area contributed by atoms with Crippen molar-refractivity contribution in [3.8, 4) is 23.5 Å². The van der Waals surface area contributed by atoms with Crippen LogP contribution < -0.4 is 5.32 Å². The van der Waals surface area contributed by atoms with E-state index in [9.17, 15) is 19.5 Å². The molecular formula is C25H24N2O5S. The summed E-state index contributed by atoms with van der Waals surface area (Å²) in [5, 5.41) is 11.7. The molecule has 2 aromatic rings. The van der Waals surface area contributed by atoms with Gasteiger partial charge in [0.2, 0.25) is 5.91 Å². The van der Waals surface area contributed by atoms with Crippen molar-refractivity contribution in [2.45, 2.75) is 36.7 Å². The fraction of sp³-hybridized carbons (Fsp3) is 0.320. The molecule has 2 aliphatic rings. The Bertz CT molecular complexity index is 1080. The number of amides is 2. The van der Waals surface area contributed by atoms with E-state index in [0.717, 1.165) is 22.3 Å². The van der Waals surface area contributed by atoms with Crippen LogP contribution in [0.2, 0.25) is 0 Å². The number of rotatable bonds is 6. The van der Waals surface area contributed by atoms with Gasteiger partial charge in [0.1, 0.15) is 18.7 Å². The number of terminal acetylenes is 1. The summed E-state index contributed by atoms with van der Waals surface area (Å²) < 4.78 is 5.52. The number of carboxylic acid groups (broad SMARTS) is 1. The van der Waals surface area contributed by atoms with Crippen LogP contribution in [0.15, 0.2) is 48.5 Å².